The topological polar surface area (TPSA) is 52.6 Å². The zero-order valence-electron chi connectivity index (χ0n) is 13.3. The van der Waals surface area contributed by atoms with Crippen LogP contribution in [0, 0.1) is 0 Å². The minimum absolute atomic E-state index is 0.303. The van der Waals surface area contributed by atoms with Crippen LogP contribution in [-0.4, -0.2) is 70.9 Å². The van der Waals surface area contributed by atoms with E-state index in [0.717, 1.165) is 69.5 Å². The molecular formula is C15H25N5OS. The van der Waals surface area contributed by atoms with Crippen molar-refractivity contribution < 1.29 is 4.79 Å². The Kier molecular flexibility index (Phi) is 5.25. The normalized spacial score (nSPS) is 20.4. The van der Waals surface area contributed by atoms with Gasteiger partial charge in [-0.2, -0.15) is 4.37 Å². The highest BCUT2D eigenvalue weighted by Crippen LogP contribution is 2.19. The van der Waals surface area contributed by atoms with Crippen molar-refractivity contribution in [2.45, 2.75) is 32.6 Å². The van der Waals surface area contributed by atoms with Crippen LogP contribution in [0.25, 0.3) is 0 Å². The molecule has 2 saturated heterocycles. The van der Waals surface area contributed by atoms with E-state index in [-0.39, 0.29) is 0 Å². The monoisotopic (exact) mass is 323 g/mol. The van der Waals surface area contributed by atoms with E-state index in [9.17, 15) is 4.79 Å². The number of anilines is 1. The Bertz CT molecular complexity index is 492. The molecule has 3 heterocycles. The molecule has 2 aliphatic rings. The van der Waals surface area contributed by atoms with Crippen LogP contribution in [0.4, 0.5) is 5.13 Å². The number of hydrogen-bond donors (Lipinski definition) is 0. The second kappa shape index (κ2) is 7.37. The predicted molar refractivity (Wildman–Crippen MR) is 88.4 cm³/mol. The summed E-state index contributed by atoms with van der Waals surface area (Å²) < 4.78 is 4.35. The van der Waals surface area contributed by atoms with Crippen molar-refractivity contribution in [2.24, 2.45) is 0 Å². The lowest BCUT2D eigenvalue weighted by Crippen LogP contribution is -2.50. The van der Waals surface area contributed by atoms with Crippen LogP contribution in [0.3, 0.4) is 0 Å². The largest absolute Gasteiger partial charge is 0.344 e. The van der Waals surface area contributed by atoms with Gasteiger partial charge in [-0.3, -0.25) is 9.69 Å². The van der Waals surface area contributed by atoms with Crippen LogP contribution in [0.1, 0.15) is 32.0 Å². The van der Waals surface area contributed by atoms with Gasteiger partial charge in [-0.15, -0.1) is 0 Å². The lowest BCUT2D eigenvalue weighted by Gasteiger charge is -2.35. The molecule has 7 heteroatoms. The third-order valence-corrected chi connectivity index (χ3v) is 5.30. The molecule has 2 aliphatic heterocycles. The fraction of sp³-hybridized carbons (Fsp3) is 0.800. The van der Waals surface area contributed by atoms with Gasteiger partial charge in [0.05, 0.1) is 6.54 Å². The molecule has 2 fully saturated rings. The molecule has 0 aliphatic carbocycles. The minimum atomic E-state index is 0.303. The Labute approximate surface area is 136 Å². The highest BCUT2D eigenvalue weighted by Gasteiger charge is 2.24. The number of nitrogens with zero attached hydrogens (tertiary/aromatic N) is 5. The van der Waals surface area contributed by atoms with Crippen molar-refractivity contribution in [1.29, 1.82) is 0 Å². The van der Waals surface area contributed by atoms with Gasteiger partial charge in [-0.1, -0.05) is 6.92 Å². The number of hydrogen-bond acceptors (Lipinski definition) is 6. The number of likely N-dealkylation sites (tertiary alicyclic amines) is 1. The van der Waals surface area contributed by atoms with Gasteiger partial charge in [0.1, 0.15) is 5.82 Å². The van der Waals surface area contributed by atoms with Crippen molar-refractivity contribution in [1.82, 2.24) is 19.2 Å². The molecule has 0 aromatic carbocycles. The second-order valence-electron chi connectivity index (χ2n) is 6.05. The molecule has 1 amide bonds. The van der Waals surface area contributed by atoms with Crippen molar-refractivity contribution in [3.63, 3.8) is 0 Å². The molecule has 0 radical (unpaired) electrons. The number of piperidine rings is 1. The molecule has 0 unspecified atom stereocenters. The third kappa shape index (κ3) is 3.76. The molecule has 1 aromatic heterocycles. The maximum Gasteiger partial charge on any atom is 0.236 e. The van der Waals surface area contributed by atoms with E-state index in [0.29, 0.717) is 12.5 Å². The Morgan fingerprint density at radius 1 is 1.09 bits per heavy atom. The minimum Gasteiger partial charge on any atom is -0.344 e. The molecular weight excluding hydrogens is 298 g/mol. The van der Waals surface area contributed by atoms with Crippen LogP contribution < -0.4 is 4.90 Å². The first-order valence-electron chi connectivity index (χ1n) is 8.34. The summed E-state index contributed by atoms with van der Waals surface area (Å²) in [4.78, 5) is 23.5. The van der Waals surface area contributed by atoms with Gasteiger partial charge >= 0.3 is 0 Å². The Balaban J connectivity index is 1.46. The average Bonchev–Trinajstić information content (AvgIpc) is 3.05. The fourth-order valence-corrected chi connectivity index (χ4v) is 3.85. The number of aromatic nitrogens is 2. The molecule has 0 bridgehead atoms. The summed E-state index contributed by atoms with van der Waals surface area (Å²) in [5.41, 5.74) is 0. The molecule has 0 atom stereocenters. The van der Waals surface area contributed by atoms with E-state index in [1.54, 1.807) is 0 Å². The Morgan fingerprint density at radius 2 is 1.82 bits per heavy atom. The van der Waals surface area contributed by atoms with Crippen LogP contribution in [0.5, 0.6) is 0 Å². The number of carbonyl (C=O) groups is 1. The van der Waals surface area contributed by atoms with E-state index in [4.69, 9.17) is 0 Å². The number of piperazine rings is 1. The quantitative estimate of drug-likeness (QED) is 0.834. The summed E-state index contributed by atoms with van der Waals surface area (Å²) in [7, 11) is 0. The predicted octanol–water partition coefficient (Wildman–Crippen LogP) is 1.23. The van der Waals surface area contributed by atoms with Crippen molar-refractivity contribution >= 4 is 22.6 Å². The summed E-state index contributed by atoms with van der Waals surface area (Å²) in [5.74, 6) is 1.24. The summed E-state index contributed by atoms with van der Waals surface area (Å²) in [5, 5.41) is 1.03. The van der Waals surface area contributed by atoms with Gasteiger partial charge in [0.25, 0.3) is 0 Å². The number of aryl methyl sites for hydroxylation is 1. The zero-order chi connectivity index (χ0) is 15.4. The van der Waals surface area contributed by atoms with E-state index < -0.39 is 0 Å². The van der Waals surface area contributed by atoms with Crippen LogP contribution in [0.15, 0.2) is 0 Å². The molecule has 1 aromatic rings. The fourth-order valence-electron chi connectivity index (χ4n) is 3.05. The van der Waals surface area contributed by atoms with Gasteiger partial charge < -0.3 is 9.80 Å². The van der Waals surface area contributed by atoms with Gasteiger partial charge in [0.2, 0.25) is 11.0 Å². The Morgan fingerprint density at radius 3 is 2.45 bits per heavy atom. The summed E-state index contributed by atoms with van der Waals surface area (Å²) in [6, 6.07) is 0. The van der Waals surface area contributed by atoms with Gasteiger partial charge in [-0.25, -0.2) is 4.98 Å². The van der Waals surface area contributed by atoms with Crippen molar-refractivity contribution in [3.8, 4) is 0 Å². The van der Waals surface area contributed by atoms with Gasteiger partial charge in [0, 0.05) is 57.2 Å². The summed E-state index contributed by atoms with van der Waals surface area (Å²) in [6.07, 6.45) is 4.48. The number of amides is 1. The van der Waals surface area contributed by atoms with Crippen LogP contribution >= 0.6 is 11.5 Å². The highest BCUT2D eigenvalue weighted by atomic mass is 32.1. The molecule has 6 nitrogen and oxygen atoms in total. The average molecular weight is 323 g/mol. The summed E-state index contributed by atoms with van der Waals surface area (Å²) >= 11 is 1.49. The number of rotatable bonds is 4. The van der Waals surface area contributed by atoms with Crippen LogP contribution in [-0.2, 0) is 11.2 Å². The summed E-state index contributed by atoms with van der Waals surface area (Å²) in [6.45, 7) is 8.28. The van der Waals surface area contributed by atoms with Crippen molar-refractivity contribution in [2.75, 3.05) is 50.7 Å². The highest BCUT2D eigenvalue weighted by molar-refractivity contribution is 7.09. The van der Waals surface area contributed by atoms with E-state index in [1.165, 1.54) is 18.0 Å². The van der Waals surface area contributed by atoms with E-state index in [1.807, 2.05) is 4.90 Å². The second-order valence-corrected chi connectivity index (χ2v) is 6.78. The van der Waals surface area contributed by atoms with E-state index in [2.05, 4.69) is 26.1 Å². The smallest absolute Gasteiger partial charge is 0.236 e. The van der Waals surface area contributed by atoms with Crippen molar-refractivity contribution in [3.05, 3.63) is 5.82 Å². The molecule has 0 saturated carbocycles. The maximum atomic E-state index is 12.3. The lowest BCUT2D eigenvalue weighted by atomic mass is 10.1. The molecule has 3 rings (SSSR count). The first kappa shape index (κ1) is 15.7. The van der Waals surface area contributed by atoms with Crippen LogP contribution in [0.2, 0.25) is 0 Å². The van der Waals surface area contributed by atoms with Gasteiger partial charge in [0.15, 0.2) is 0 Å². The first-order valence-corrected chi connectivity index (χ1v) is 9.11. The Hall–Kier alpha value is -1.21. The van der Waals surface area contributed by atoms with Gasteiger partial charge in [-0.05, 0) is 19.3 Å². The molecule has 22 heavy (non-hydrogen) atoms. The standard InChI is InChI=1S/C15H25N5OS/c1-2-13-16-15(22-17-13)20-10-8-18(9-11-20)12-14(21)19-6-4-3-5-7-19/h2-12H2,1H3. The number of carbonyl (C=O) groups excluding carboxylic acids is 1. The first-order chi connectivity index (χ1) is 10.8. The maximum absolute atomic E-state index is 12.3. The SMILES string of the molecule is CCc1nsc(N2CCN(CC(=O)N3CCCCC3)CC2)n1. The third-order valence-electron chi connectivity index (χ3n) is 4.48. The van der Waals surface area contributed by atoms with E-state index >= 15 is 0 Å². The molecule has 122 valence electrons. The molecule has 0 spiro atoms. The lowest BCUT2D eigenvalue weighted by molar-refractivity contribution is -0.133. The zero-order valence-corrected chi connectivity index (χ0v) is 14.1. The molecule has 0 N–H and O–H groups in total.